The molecule has 6 nitrogen and oxygen atoms in total. The summed E-state index contributed by atoms with van der Waals surface area (Å²) >= 11 is 1.44. The van der Waals surface area contributed by atoms with E-state index in [4.69, 9.17) is 4.74 Å². The van der Waals surface area contributed by atoms with E-state index in [1.807, 2.05) is 38.1 Å². The van der Waals surface area contributed by atoms with E-state index >= 15 is 0 Å². The number of aromatic nitrogens is 1. The second kappa shape index (κ2) is 8.75. The quantitative estimate of drug-likeness (QED) is 0.377. The molecular weight excluding hydrogens is 374 g/mol. The number of hydrazone groups is 1. The number of benzene rings is 2. The largest absolute Gasteiger partial charge is 0.504 e. The van der Waals surface area contributed by atoms with Crippen LogP contribution in [0.2, 0.25) is 0 Å². The van der Waals surface area contributed by atoms with Crippen molar-refractivity contribution in [3.63, 3.8) is 0 Å². The van der Waals surface area contributed by atoms with Crippen LogP contribution in [0.3, 0.4) is 0 Å². The van der Waals surface area contributed by atoms with Gasteiger partial charge in [0.2, 0.25) is 5.91 Å². The highest BCUT2D eigenvalue weighted by Gasteiger charge is 2.09. The molecule has 0 fully saturated rings. The standard InChI is InChI=1S/C21H21N3O3S/c1-13-6-4-8-16-18(10-14(2)23-20(13)16)28-12-19(25)24-22-11-15-7-5-9-17(27-3)21(15)26/h4-11,26H,12H2,1-3H3,(H,24,25)/b22-11-. The Morgan fingerprint density at radius 3 is 2.86 bits per heavy atom. The third-order valence-corrected chi connectivity index (χ3v) is 5.19. The maximum atomic E-state index is 12.2. The number of hydrogen-bond acceptors (Lipinski definition) is 6. The van der Waals surface area contributed by atoms with Crippen molar-refractivity contribution in [2.45, 2.75) is 18.7 Å². The third-order valence-electron chi connectivity index (χ3n) is 4.13. The lowest BCUT2D eigenvalue weighted by Gasteiger charge is -2.09. The molecule has 1 amide bonds. The van der Waals surface area contributed by atoms with Crippen LogP contribution in [0.5, 0.6) is 11.5 Å². The summed E-state index contributed by atoms with van der Waals surface area (Å²) in [5.74, 6) is 0.305. The number of aryl methyl sites for hydroxylation is 2. The average molecular weight is 395 g/mol. The topological polar surface area (TPSA) is 83.8 Å². The van der Waals surface area contributed by atoms with Gasteiger partial charge in [0.25, 0.3) is 0 Å². The van der Waals surface area contributed by atoms with E-state index in [1.54, 1.807) is 18.2 Å². The smallest absolute Gasteiger partial charge is 0.250 e. The Morgan fingerprint density at radius 2 is 2.07 bits per heavy atom. The fourth-order valence-electron chi connectivity index (χ4n) is 2.76. The van der Waals surface area contributed by atoms with Gasteiger partial charge in [-0.25, -0.2) is 5.43 Å². The molecule has 3 aromatic rings. The summed E-state index contributed by atoms with van der Waals surface area (Å²) in [6.07, 6.45) is 1.38. The van der Waals surface area contributed by atoms with Gasteiger partial charge in [-0.3, -0.25) is 9.78 Å². The van der Waals surface area contributed by atoms with Gasteiger partial charge in [0.05, 0.1) is 24.6 Å². The maximum Gasteiger partial charge on any atom is 0.250 e. The van der Waals surface area contributed by atoms with Crippen LogP contribution in [0.1, 0.15) is 16.8 Å². The lowest BCUT2D eigenvalue weighted by atomic mass is 10.1. The van der Waals surface area contributed by atoms with Crippen LogP contribution in [0.4, 0.5) is 0 Å². The molecular formula is C21H21N3O3S. The molecule has 1 heterocycles. The molecule has 0 bridgehead atoms. The number of rotatable bonds is 6. The highest BCUT2D eigenvalue weighted by atomic mass is 32.2. The number of pyridine rings is 1. The van der Waals surface area contributed by atoms with Gasteiger partial charge in [0.15, 0.2) is 11.5 Å². The number of nitrogens with zero attached hydrogens (tertiary/aromatic N) is 2. The van der Waals surface area contributed by atoms with Gasteiger partial charge in [-0.05, 0) is 37.6 Å². The van der Waals surface area contributed by atoms with Gasteiger partial charge >= 0.3 is 0 Å². The Bertz CT molecular complexity index is 1050. The molecule has 28 heavy (non-hydrogen) atoms. The normalized spacial score (nSPS) is 11.1. The first kappa shape index (κ1) is 19.7. The zero-order valence-corrected chi connectivity index (χ0v) is 16.7. The van der Waals surface area contributed by atoms with Crippen LogP contribution in [0.15, 0.2) is 52.5 Å². The fourth-order valence-corrected chi connectivity index (χ4v) is 3.68. The van der Waals surface area contributed by atoms with E-state index in [0.717, 1.165) is 27.1 Å². The van der Waals surface area contributed by atoms with Crippen molar-refractivity contribution in [1.82, 2.24) is 10.4 Å². The molecule has 0 aliphatic heterocycles. The van der Waals surface area contributed by atoms with Gasteiger partial charge in [-0.2, -0.15) is 5.10 Å². The second-order valence-corrected chi connectivity index (χ2v) is 7.23. The van der Waals surface area contributed by atoms with Crippen LogP contribution >= 0.6 is 11.8 Å². The number of carbonyl (C=O) groups excluding carboxylic acids is 1. The van der Waals surface area contributed by atoms with Crippen LogP contribution in [-0.4, -0.2) is 35.1 Å². The number of carbonyl (C=O) groups is 1. The number of nitrogens with one attached hydrogen (secondary N) is 1. The molecule has 0 radical (unpaired) electrons. The number of phenolic OH excluding ortho intramolecular Hbond substituents is 1. The number of amides is 1. The summed E-state index contributed by atoms with van der Waals surface area (Å²) in [6, 6.07) is 13.1. The highest BCUT2D eigenvalue weighted by molar-refractivity contribution is 8.00. The van der Waals surface area contributed by atoms with Crippen molar-refractivity contribution in [3.05, 3.63) is 59.3 Å². The van der Waals surface area contributed by atoms with E-state index in [1.165, 1.54) is 25.1 Å². The van der Waals surface area contributed by atoms with E-state index in [0.29, 0.717) is 11.3 Å². The molecule has 0 unspecified atom stereocenters. The van der Waals surface area contributed by atoms with Crippen molar-refractivity contribution < 1.29 is 14.6 Å². The van der Waals surface area contributed by atoms with Crippen molar-refractivity contribution in [3.8, 4) is 11.5 Å². The monoisotopic (exact) mass is 395 g/mol. The molecule has 3 rings (SSSR count). The first-order valence-electron chi connectivity index (χ1n) is 8.67. The Balaban J connectivity index is 1.65. The van der Waals surface area contributed by atoms with Gasteiger partial charge in [0.1, 0.15) is 0 Å². The number of thioether (sulfide) groups is 1. The van der Waals surface area contributed by atoms with E-state index in [9.17, 15) is 9.90 Å². The Hall–Kier alpha value is -3.06. The molecule has 0 saturated carbocycles. The number of fused-ring (bicyclic) bond motifs is 1. The molecule has 0 saturated heterocycles. The molecule has 144 valence electrons. The fraction of sp³-hybridized carbons (Fsp3) is 0.190. The molecule has 7 heteroatoms. The zero-order chi connectivity index (χ0) is 20.1. The molecule has 2 aromatic carbocycles. The summed E-state index contributed by atoms with van der Waals surface area (Å²) in [5, 5.41) is 15.0. The second-order valence-electron chi connectivity index (χ2n) is 6.21. The molecule has 0 atom stereocenters. The van der Waals surface area contributed by atoms with Crippen LogP contribution in [0.25, 0.3) is 10.9 Å². The minimum absolute atomic E-state index is 0.0218. The molecule has 0 spiro atoms. The molecule has 0 aliphatic carbocycles. The predicted octanol–water partition coefficient (Wildman–Crippen LogP) is 3.81. The van der Waals surface area contributed by atoms with Crippen molar-refractivity contribution in [1.29, 1.82) is 0 Å². The summed E-state index contributed by atoms with van der Waals surface area (Å²) in [4.78, 5) is 17.8. The number of hydrogen-bond donors (Lipinski definition) is 2. The van der Waals surface area contributed by atoms with E-state index in [-0.39, 0.29) is 17.4 Å². The number of phenols is 1. The summed E-state index contributed by atoms with van der Waals surface area (Å²) in [7, 11) is 1.47. The number of para-hydroxylation sites is 2. The van der Waals surface area contributed by atoms with E-state index in [2.05, 4.69) is 15.5 Å². The van der Waals surface area contributed by atoms with Gasteiger partial charge in [-0.1, -0.05) is 24.3 Å². The zero-order valence-electron chi connectivity index (χ0n) is 15.9. The average Bonchev–Trinajstić information content (AvgIpc) is 2.68. The molecule has 0 aliphatic rings. The first-order valence-corrected chi connectivity index (χ1v) is 9.66. The van der Waals surface area contributed by atoms with Crippen LogP contribution in [-0.2, 0) is 4.79 Å². The van der Waals surface area contributed by atoms with Gasteiger partial charge in [0, 0.05) is 21.5 Å². The van der Waals surface area contributed by atoms with Crippen LogP contribution in [0, 0.1) is 13.8 Å². The minimum atomic E-state index is -0.237. The number of methoxy groups -OCH3 is 1. The van der Waals surface area contributed by atoms with Crippen molar-refractivity contribution in [2.24, 2.45) is 5.10 Å². The van der Waals surface area contributed by atoms with Crippen LogP contribution < -0.4 is 10.2 Å². The predicted molar refractivity (Wildman–Crippen MR) is 112 cm³/mol. The Kier molecular flexibility index (Phi) is 6.16. The number of aromatic hydroxyl groups is 1. The van der Waals surface area contributed by atoms with E-state index < -0.39 is 0 Å². The van der Waals surface area contributed by atoms with Crippen molar-refractivity contribution in [2.75, 3.05) is 12.9 Å². The van der Waals surface area contributed by atoms with Crippen molar-refractivity contribution >= 4 is 34.8 Å². The summed E-state index contributed by atoms with van der Waals surface area (Å²) in [5.41, 5.74) is 5.91. The molecule has 1 aromatic heterocycles. The lowest BCUT2D eigenvalue weighted by Crippen LogP contribution is -2.19. The summed E-state index contributed by atoms with van der Waals surface area (Å²) in [6.45, 7) is 3.97. The summed E-state index contributed by atoms with van der Waals surface area (Å²) < 4.78 is 5.05. The van der Waals surface area contributed by atoms with Gasteiger partial charge < -0.3 is 9.84 Å². The maximum absolute atomic E-state index is 12.2. The lowest BCUT2D eigenvalue weighted by molar-refractivity contribution is -0.118. The SMILES string of the molecule is COc1cccc(/C=N\NC(=O)CSc2cc(C)nc3c(C)cccc23)c1O. The minimum Gasteiger partial charge on any atom is -0.504 e. The highest BCUT2D eigenvalue weighted by Crippen LogP contribution is 2.29. The van der Waals surface area contributed by atoms with Gasteiger partial charge in [-0.15, -0.1) is 11.8 Å². The third kappa shape index (κ3) is 4.43. The first-order chi connectivity index (χ1) is 13.5. The number of ether oxygens (including phenoxy) is 1. The Labute approximate surface area is 167 Å². The Morgan fingerprint density at radius 1 is 1.29 bits per heavy atom. The molecule has 2 N–H and O–H groups in total.